The van der Waals surface area contributed by atoms with Crippen LogP contribution in [0.15, 0.2) is 53.3 Å². The molecule has 1 fully saturated rings. The number of aliphatic imine (C=N–C) groups is 1. The van der Waals surface area contributed by atoms with Crippen molar-refractivity contribution in [2.75, 3.05) is 18.5 Å². The van der Waals surface area contributed by atoms with Gasteiger partial charge in [-0.15, -0.1) is 0 Å². The van der Waals surface area contributed by atoms with Gasteiger partial charge in [0.15, 0.2) is 5.96 Å². The van der Waals surface area contributed by atoms with E-state index in [0.29, 0.717) is 18.5 Å². The number of benzene rings is 1. The number of guanidine groups is 1. The van der Waals surface area contributed by atoms with Crippen molar-refractivity contribution >= 4 is 23.5 Å². The van der Waals surface area contributed by atoms with Crippen molar-refractivity contribution in [2.45, 2.75) is 37.4 Å². The van der Waals surface area contributed by atoms with Crippen LogP contribution in [0.4, 0.5) is 14.5 Å². The number of carbonyl (C=O) groups excluding carboxylic acids is 2. The molecule has 0 radical (unpaired) electrons. The number of hydrogen-bond acceptors (Lipinski definition) is 4. The Balaban J connectivity index is 1.75. The lowest BCUT2D eigenvalue weighted by molar-refractivity contribution is -0.131. The fourth-order valence-electron chi connectivity index (χ4n) is 4.59. The zero-order chi connectivity index (χ0) is 21.6. The minimum Gasteiger partial charge on any atom is -0.369 e. The summed E-state index contributed by atoms with van der Waals surface area (Å²) in [6, 6.07) is 7.11. The first kappa shape index (κ1) is 20.3. The minimum absolute atomic E-state index is 0.00587. The number of hydrogen-bond donors (Lipinski definition) is 1. The third kappa shape index (κ3) is 3.20. The second kappa shape index (κ2) is 7.34. The van der Waals surface area contributed by atoms with Crippen LogP contribution < -0.4 is 10.6 Å². The summed E-state index contributed by atoms with van der Waals surface area (Å²) in [7, 11) is 1.52. The van der Waals surface area contributed by atoms with E-state index < -0.39 is 29.4 Å². The summed E-state index contributed by atoms with van der Waals surface area (Å²) in [6.07, 6.45) is 3.20. The number of rotatable bonds is 3. The van der Waals surface area contributed by atoms with E-state index in [1.165, 1.54) is 24.1 Å². The van der Waals surface area contributed by atoms with Crippen LogP contribution in [0.3, 0.4) is 0 Å². The van der Waals surface area contributed by atoms with Gasteiger partial charge in [-0.25, -0.2) is 13.8 Å². The van der Waals surface area contributed by atoms with Gasteiger partial charge in [0.25, 0.3) is 0 Å². The maximum atomic E-state index is 14.8. The molecule has 2 aliphatic heterocycles. The summed E-state index contributed by atoms with van der Waals surface area (Å²) in [5, 5.41) is 0. The Morgan fingerprint density at radius 3 is 2.53 bits per heavy atom. The second-order valence-corrected chi connectivity index (χ2v) is 8.15. The summed E-state index contributed by atoms with van der Waals surface area (Å²) < 4.78 is 28.4. The van der Waals surface area contributed by atoms with Gasteiger partial charge in [-0.05, 0) is 43.2 Å². The maximum absolute atomic E-state index is 14.8. The molecule has 1 aromatic rings. The van der Waals surface area contributed by atoms with Crippen LogP contribution in [0.1, 0.15) is 31.2 Å². The number of nitrogens with two attached hydrogens (primary N) is 1. The van der Waals surface area contributed by atoms with E-state index in [1.54, 1.807) is 36.1 Å². The molecule has 2 unspecified atom stereocenters. The second-order valence-electron chi connectivity index (χ2n) is 8.15. The first-order chi connectivity index (χ1) is 14.2. The van der Waals surface area contributed by atoms with Crippen LogP contribution in [0.5, 0.6) is 0 Å². The lowest BCUT2D eigenvalue weighted by Crippen LogP contribution is -2.57. The van der Waals surface area contributed by atoms with Crippen molar-refractivity contribution in [2.24, 2.45) is 16.6 Å². The number of anilines is 1. The Kier molecular flexibility index (Phi) is 4.95. The van der Waals surface area contributed by atoms with Crippen molar-refractivity contribution in [3.8, 4) is 0 Å². The van der Waals surface area contributed by atoms with Crippen molar-refractivity contribution in [1.29, 1.82) is 0 Å². The van der Waals surface area contributed by atoms with Crippen molar-refractivity contribution < 1.29 is 18.4 Å². The van der Waals surface area contributed by atoms with Crippen LogP contribution in [0, 0.1) is 5.92 Å². The lowest BCUT2D eigenvalue weighted by Gasteiger charge is -2.45. The first-order valence-corrected chi connectivity index (χ1v) is 9.95. The molecule has 1 aliphatic carbocycles. The van der Waals surface area contributed by atoms with Gasteiger partial charge in [0.2, 0.25) is 11.8 Å². The largest absolute Gasteiger partial charge is 0.369 e. The third-order valence-electron chi connectivity index (χ3n) is 6.27. The molecular weight excluding hydrogens is 390 g/mol. The van der Waals surface area contributed by atoms with E-state index in [2.05, 4.69) is 4.99 Å². The standard InChI is InChI=1S/C22H24F2N4O2/c1-22(16-10-7-14(23)12-17(16)24)19(20(30)27(2)21(25)26-22)13-5-8-15(9-6-13)28-11-3-4-18(28)29/h5-10,12,16-17,19H,3-4,11H2,1-2H3,(H2,25,26)/t16?,17?,19-,22+/m0/s1. The average Bonchev–Trinajstić information content (AvgIpc) is 3.12. The van der Waals surface area contributed by atoms with Crippen LogP contribution in [0.2, 0.25) is 0 Å². The average molecular weight is 414 g/mol. The Morgan fingerprint density at radius 2 is 1.93 bits per heavy atom. The molecule has 2 heterocycles. The molecule has 4 rings (SSSR count). The molecule has 0 aromatic heterocycles. The fraction of sp³-hybridized carbons (Fsp3) is 0.409. The normalized spacial score (nSPS) is 31.8. The van der Waals surface area contributed by atoms with Gasteiger partial charge >= 0.3 is 0 Å². The Labute approximate surface area is 173 Å². The van der Waals surface area contributed by atoms with E-state index in [4.69, 9.17) is 5.73 Å². The van der Waals surface area contributed by atoms with Crippen LogP contribution in [0.25, 0.3) is 0 Å². The van der Waals surface area contributed by atoms with E-state index in [1.807, 2.05) is 0 Å². The van der Waals surface area contributed by atoms with Gasteiger partial charge in [0.1, 0.15) is 12.0 Å². The van der Waals surface area contributed by atoms with Crippen LogP contribution in [-0.2, 0) is 9.59 Å². The number of carbonyl (C=O) groups is 2. The van der Waals surface area contributed by atoms with Gasteiger partial charge in [0.05, 0.1) is 11.5 Å². The van der Waals surface area contributed by atoms with Gasteiger partial charge < -0.3 is 10.6 Å². The highest BCUT2D eigenvalue weighted by molar-refractivity contribution is 6.02. The van der Waals surface area contributed by atoms with Gasteiger partial charge in [-0.3, -0.25) is 14.5 Å². The van der Waals surface area contributed by atoms with Crippen LogP contribution >= 0.6 is 0 Å². The van der Waals surface area contributed by atoms with E-state index in [-0.39, 0.29) is 17.8 Å². The smallest absolute Gasteiger partial charge is 0.239 e. The molecule has 8 heteroatoms. The van der Waals surface area contributed by atoms with E-state index >= 15 is 0 Å². The number of amides is 2. The van der Waals surface area contributed by atoms with Crippen molar-refractivity contribution in [3.63, 3.8) is 0 Å². The predicted octanol–water partition coefficient (Wildman–Crippen LogP) is 2.82. The highest BCUT2D eigenvalue weighted by Gasteiger charge is 2.52. The molecule has 2 N–H and O–H groups in total. The van der Waals surface area contributed by atoms with Crippen molar-refractivity contribution in [3.05, 3.63) is 53.9 Å². The molecule has 30 heavy (non-hydrogen) atoms. The quantitative estimate of drug-likeness (QED) is 0.826. The summed E-state index contributed by atoms with van der Waals surface area (Å²) >= 11 is 0. The Morgan fingerprint density at radius 1 is 1.23 bits per heavy atom. The predicted molar refractivity (Wildman–Crippen MR) is 110 cm³/mol. The zero-order valence-corrected chi connectivity index (χ0v) is 16.9. The maximum Gasteiger partial charge on any atom is 0.239 e. The molecule has 158 valence electrons. The molecule has 0 saturated carbocycles. The SMILES string of the molecule is CN1C(=O)[C@H](c2ccc(N3CCCC3=O)cc2)[C@@](C)(C2C=CC(F)=CC2F)N=C1N. The number of halogens is 2. The molecule has 0 spiro atoms. The Bertz CT molecular complexity index is 972. The van der Waals surface area contributed by atoms with Crippen molar-refractivity contribution in [1.82, 2.24) is 4.90 Å². The molecular formula is C22H24F2N4O2. The summed E-state index contributed by atoms with van der Waals surface area (Å²) in [5.74, 6) is -2.59. The summed E-state index contributed by atoms with van der Waals surface area (Å²) in [6.45, 7) is 2.34. The molecule has 1 saturated heterocycles. The number of nitrogens with zero attached hydrogens (tertiary/aromatic N) is 3. The number of alkyl halides is 1. The molecule has 6 nitrogen and oxygen atoms in total. The van der Waals surface area contributed by atoms with E-state index in [0.717, 1.165) is 18.2 Å². The van der Waals surface area contributed by atoms with Gasteiger partial charge in [-0.1, -0.05) is 18.2 Å². The highest BCUT2D eigenvalue weighted by Crippen LogP contribution is 2.45. The molecule has 0 bridgehead atoms. The fourth-order valence-corrected chi connectivity index (χ4v) is 4.59. The van der Waals surface area contributed by atoms with Gasteiger partial charge in [0, 0.05) is 31.6 Å². The lowest BCUT2D eigenvalue weighted by atomic mass is 9.68. The number of allylic oxidation sites excluding steroid dienone is 3. The van der Waals surface area contributed by atoms with Gasteiger partial charge in [-0.2, -0.15) is 0 Å². The monoisotopic (exact) mass is 414 g/mol. The molecule has 3 aliphatic rings. The minimum atomic E-state index is -1.64. The number of likely N-dealkylation sites (N-methyl/N-ethyl adjacent to an activating group) is 1. The third-order valence-corrected chi connectivity index (χ3v) is 6.27. The summed E-state index contributed by atoms with van der Waals surface area (Å²) in [5.41, 5.74) is 6.11. The summed E-state index contributed by atoms with van der Waals surface area (Å²) in [4.78, 5) is 32.7. The first-order valence-electron chi connectivity index (χ1n) is 9.95. The topological polar surface area (TPSA) is 79.0 Å². The zero-order valence-electron chi connectivity index (χ0n) is 16.9. The highest BCUT2D eigenvalue weighted by atomic mass is 19.1. The molecule has 2 amide bonds. The van der Waals surface area contributed by atoms with E-state index in [9.17, 15) is 18.4 Å². The Hall–Kier alpha value is -3.03. The molecule has 4 atom stereocenters. The van der Waals surface area contributed by atoms with Crippen LogP contribution in [-0.4, -0.2) is 48.0 Å². The molecule has 1 aromatic carbocycles.